The first-order valence-corrected chi connectivity index (χ1v) is 6.64. The molecule has 0 radical (unpaired) electrons. The van der Waals surface area contributed by atoms with Crippen LogP contribution in [0.25, 0.3) is 0 Å². The van der Waals surface area contributed by atoms with Gasteiger partial charge in [-0.2, -0.15) is 0 Å². The first-order valence-electron chi connectivity index (χ1n) is 6.64. The molecule has 20 heavy (non-hydrogen) atoms. The third-order valence-electron chi connectivity index (χ3n) is 3.59. The van der Waals surface area contributed by atoms with Gasteiger partial charge in [0.1, 0.15) is 12.4 Å². The molecule has 3 heteroatoms. The van der Waals surface area contributed by atoms with Crippen LogP contribution < -0.4 is 4.74 Å². The molecule has 3 rings (SSSR count). The Balaban J connectivity index is 1.89. The number of hydrogen-bond acceptors (Lipinski definition) is 3. The summed E-state index contributed by atoms with van der Waals surface area (Å²) < 4.78 is 10.6. The molecule has 2 aromatic carbocycles. The lowest BCUT2D eigenvalue weighted by molar-refractivity contribution is -0.139. The van der Waals surface area contributed by atoms with Crippen LogP contribution in [0, 0.1) is 0 Å². The van der Waals surface area contributed by atoms with Crippen molar-refractivity contribution < 1.29 is 14.3 Å². The molecule has 1 aliphatic heterocycles. The van der Waals surface area contributed by atoms with Gasteiger partial charge in [0.25, 0.3) is 0 Å². The molecule has 0 N–H and O–H groups in total. The fraction of sp³-hybridized carbons (Fsp3) is 0.235. The van der Waals surface area contributed by atoms with E-state index in [1.165, 1.54) is 18.2 Å². The first-order chi connectivity index (χ1) is 9.76. The maximum Gasteiger partial charge on any atom is 0.309 e. The average Bonchev–Trinajstić information content (AvgIpc) is 2.66. The second-order valence-corrected chi connectivity index (χ2v) is 4.93. The number of rotatable bonds is 2. The molecule has 0 amide bonds. The molecule has 0 fully saturated rings. The van der Waals surface area contributed by atoms with E-state index in [9.17, 15) is 4.79 Å². The van der Waals surface area contributed by atoms with Gasteiger partial charge in [-0.1, -0.05) is 36.4 Å². The van der Waals surface area contributed by atoms with Crippen LogP contribution in [0.1, 0.15) is 22.3 Å². The molecule has 102 valence electrons. The van der Waals surface area contributed by atoms with Gasteiger partial charge in [-0.3, -0.25) is 4.79 Å². The van der Waals surface area contributed by atoms with Crippen LogP contribution in [0.2, 0.25) is 0 Å². The molecule has 0 unspecified atom stereocenters. The number of benzene rings is 2. The number of fused-ring (bicyclic) bond motifs is 2. The summed E-state index contributed by atoms with van der Waals surface area (Å²) in [5, 5.41) is 0. The predicted molar refractivity (Wildman–Crippen MR) is 75.7 cm³/mol. The fourth-order valence-corrected chi connectivity index (χ4v) is 2.46. The second-order valence-electron chi connectivity index (χ2n) is 4.93. The van der Waals surface area contributed by atoms with Gasteiger partial charge >= 0.3 is 5.97 Å². The Morgan fingerprint density at radius 2 is 1.95 bits per heavy atom. The lowest BCUT2D eigenvalue weighted by Gasteiger charge is -2.09. The summed E-state index contributed by atoms with van der Waals surface area (Å²) in [6.07, 6.45) is 1.14. The van der Waals surface area contributed by atoms with Crippen LogP contribution >= 0.6 is 0 Å². The zero-order chi connectivity index (χ0) is 13.9. The lowest BCUT2D eigenvalue weighted by Crippen LogP contribution is -2.05. The molecule has 1 heterocycles. The van der Waals surface area contributed by atoms with E-state index in [1.807, 2.05) is 24.3 Å². The zero-order valence-corrected chi connectivity index (χ0v) is 11.4. The zero-order valence-electron chi connectivity index (χ0n) is 11.4. The second kappa shape index (κ2) is 5.37. The molecule has 2 aromatic rings. The minimum absolute atomic E-state index is 0.234. The average molecular weight is 268 g/mol. The smallest absolute Gasteiger partial charge is 0.309 e. The van der Waals surface area contributed by atoms with Crippen molar-refractivity contribution in [3.63, 3.8) is 0 Å². The van der Waals surface area contributed by atoms with Crippen LogP contribution in [-0.4, -0.2) is 13.1 Å². The van der Waals surface area contributed by atoms with Gasteiger partial charge < -0.3 is 9.47 Å². The third-order valence-corrected chi connectivity index (χ3v) is 3.59. The Kier molecular flexibility index (Phi) is 3.42. The number of esters is 1. The Labute approximate surface area is 118 Å². The molecule has 0 atom stereocenters. The molecule has 3 nitrogen and oxygen atoms in total. The highest BCUT2D eigenvalue weighted by Crippen LogP contribution is 2.29. The monoisotopic (exact) mass is 268 g/mol. The highest BCUT2D eigenvalue weighted by Gasteiger charge is 2.15. The van der Waals surface area contributed by atoms with E-state index < -0.39 is 0 Å². The minimum atomic E-state index is -0.234. The highest BCUT2D eigenvalue weighted by molar-refractivity contribution is 5.72. The quantitative estimate of drug-likeness (QED) is 0.786. The molecule has 0 aliphatic carbocycles. The van der Waals surface area contributed by atoms with Gasteiger partial charge in [-0.15, -0.1) is 0 Å². The molecular formula is C17H16O3. The Bertz CT molecular complexity index is 646. The van der Waals surface area contributed by atoms with Gasteiger partial charge in [0.15, 0.2) is 0 Å². The van der Waals surface area contributed by atoms with Crippen LogP contribution in [-0.2, 0) is 29.0 Å². The number of carbonyl (C=O) groups is 1. The van der Waals surface area contributed by atoms with Crippen molar-refractivity contribution in [2.75, 3.05) is 7.11 Å². The molecule has 1 aliphatic rings. The van der Waals surface area contributed by atoms with Gasteiger partial charge in [0.05, 0.1) is 13.5 Å². The fourth-order valence-electron chi connectivity index (χ4n) is 2.46. The Morgan fingerprint density at radius 3 is 2.75 bits per heavy atom. The molecular weight excluding hydrogens is 252 g/mol. The van der Waals surface area contributed by atoms with E-state index >= 15 is 0 Å². The summed E-state index contributed by atoms with van der Waals surface area (Å²) in [6, 6.07) is 14.3. The first kappa shape index (κ1) is 12.7. The summed E-state index contributed by atoms with van der Waals surface area (Å²) in [6.45, 7) is 0.574. The van der Waals surface area contributed by atoms with E-state index in [0.717, 1.165) is 23.3 Å². The topological polar surface area (TPSA) is 35.5 Å². The third kappa shape index (κ3) is 2.52. The number of methoxy groups -OCH3 is 1. The van der Waals surface area contributed by atoms with E-state index in [1.54, 1.807) is 0 Å². The van der Waals surface area contributed by atoms with Crippen molar-refractivity contribution in [2.45, 2.75) is 19.4 Å². The SMILES string of the molecule is COC(=O)Cc1ccc2c(c1)OCc1ccccc1C2. The summed E-state index contributed by atoms with van der Waals surface area (Å²) in [5.74, 6) is 0.629. The molecule has 0 aromatic heterocycles. The molecule has 0 bridgehead atoms. The maximum absolute atomic E-state index is 11.3. The van der Waals surface area contributed by atoms with E-state index in [4.69, 9.17) is 9.47 Å². The van der Waals surface area contributed by atoms with Crippen LogP contribution in [0.4, 0.5) is 0 Å². The van der Waals surface area contributed by atoms with Crippen molar-refractivity contribution in [2.24, 2.45) is 0 Å². The van der Waals surface area contributed by atoms with Crippen molar-refractivity contribution in [1.29, 1.82) is 0 Å². The molecule has 0 saturated heterocycles. The van der Waals surface area contributed by atoms with Crippen LogP contribution in [0.5, 0.6) is 5.75 Å². The van der Waals surface area contributed by atoms with Crippen molar-refractivity contribution >= 4 is 5.97 Å². The molecule has 0 saturated carbocycles. The Morgan fingerprint density at radius 1 is 1.15 bits per heavy atom. The highest BCUT2D eigenvalue weighted by atomic mass is 16.5. The predicted octanol–water partition coefficient (Wildman–Crippen LogP) is 2.89. The van der Waals surface area contributed by atoms with E-state index in [0.29, 0.717) is 6.61 Å². The summed E-state index contributed by atoms with van der Waals surface area (Å²) in [7, 11) is 1.40. The van der Waals surface area contributed by atoms with Gasteiger partial charge in [0.2, 0.25) is 0 Å². The van der Waals surface area contributed by atoms with Crippen LogP contribution in [0.3, 0.4) is 0 Å². The van der Waals surface area contributed by atoms with E-state index in [2.05, 4.69) is 18.2 Å². The van der Waals surface area contributed by atoms with Crippen molar-refractivity contribution in [3.8, 4) is 5.75 Å². The van der Waals surface area contributed by atoms with Crippen molar-refractivity contribution in [1.82, 2.24) is 0 Å². The Hall–Kier alpha value is -2.29. The van der Waals surface area contributed by atoms with Crippen LogP contribution in [0.15, 0.2) is 42.5 Å². The van der Waals surface area contributed by atoms with Crippen molar-refractivity contribution in [3.05, 3.63) is 64.7 Å². The number of ether oxygens (including phenoxy) is 2. The van der Waals surface area contributed by atoms with E-state index in [-0.39, 0.29) is 12.4 Å². The van der Waals surface area contributed by atoms with Gasteiger partial charge in [0, 0.05) is 6.42 Å². The van der Waals surface area contributed by atoms with Gasteiger partial charge in [-0.25, -0.2) is 0 Å². The normalized spacial score (nSPS) is 12.7. The number of hydrogen-bond donors (Lipinski definition) is 0. The largest absolute Gasteiger partial charge is 0.489 e. The molecule has 0 spiro atoms. The summed E-state index contributed by atoms with van der Waals surface area (Å²) in [4.78, 5) is 11.3. The van der Waals surface area contributed by atoms with Gasteiger partial charge in [-0.05, 0) is 28.3 Å². The number of carbonyl (C=O) groups excluding carboxylic acids is 1. The minimum Gasteiger partial charge on any atom is -0.489 e. The summed E-state index contributed by atoms with van der Waals surface area (Å²) >= 11 is 0. The maximum atomic E-state index is 11.3. The standard InChI is InChI=1S/C17H16O3/c1-19-17(18)9-12-6-7-14-10-13-4-2-3-5-15(13)11-20-16(14)8-12/h2-8H,9-11H2,1H3. The lowest BCUT2D eigenvalue weighted by atomic mass is 9.99. The summed E-state index contributed by atoms with van der Waals surface area (Å²) in [5.41, 5.74) is 4.59.